The standard InChI is InChI=1S/C17H18N2O/c1-3-17(20,4-2)14-10-9-13-8-7-12-6-5-11-18-15(12)16(13)19-14/h5-11,20H,3-4H2,1-2H3. The molecule has 0 amide bonds. The lowest BCUT2D eigenvalue weighted by atomic mass is 9.92. The van der Waals surface area contributed by atoms with Gasteiger partial charge in [-0.05, 0) is 25.0 Å². The van der Waals surface area contributed by atoms with Gasteiger partial charge in [-0.1, -0.05) is 38.1 Å². The fourth-order valence-corrected chi connectivity index (χ4v) is 2.60. The third-order valence-electron chi connectivity index (χ3n) is 4.08. The van der Waals surface area contributed by atoms with Gasteiger partial charge in [0.1, 0.15) is 5.60 Å². The predicted octanol–water partition coefficient (Wildman–Crippen LogP) is 3.79. The Bertz CT molecular complexity index is 763. The summed E-state index contributed by atoms with van der Waals surface area (Å²) in [5.41, 5.74) is 1.63. The van der Waals surface area contributed by atoms with E-state index in [1.54, 1.807) is 6.20 Å². The van der Waals surface area contributed by atoms with Crippen LogP contribution in [0.4, 0.5) is 0 Å². The first kappa shape index (κ1) is 13.0. The maximum absolute atomic E-state index is 10.6. The highest BCUT2D eigenvalue weighted by Gasteiger charge is 2.26. The highest BCUT2D eigenvalue weighted by atomic mass is 16.3. The molecule has 0 saturated carbocycles. The summed E-state index contributed by atoms with van der Waals surface area (Å²) in [6.07, 6.45) is 3.09. The molecule has 102 valence electrons. The van der Waals surface area contributed by atoms with Crippen molar-refractivity contribution in [2.45, 2.75) is 32.3 Å². The molecular formula is C17H18N2O. The van der Waals surface area contributed by atoms with Gasteiger partial charge in [0, 0.05) is 17.0 Å². The molecule has 0 unspecified atom stereocenters. The third kappa shape index (κ3) is 1.95. The molecule has 20 heavy (non-hydrogen) atoms. The Labute approximate surface area is 118 Å². The third-order valence-corrected chi connectivity index (χ3v) is 4.08. The number of benzene rings is 1. The molecule has 2 aromatic heterocycles. The van der Waals surface area contributed by atoms with Crippen LogP contribution in [0.2, 0.25) is 0 Å². The number of nitrogens with zero attached hydrogens (tertiary/aromatic N) is 2. The average molecular weight is 266 g/mol. The van der Waals surface area contributed by atoms with Crippen molar-refractivity contribution >= 4 is 21.8 Å². The predicted molar refractivity (Wildman–Crippen MR) is 81.5 cm³/mol. The summed E-state index contributed by atoms with van der Waals surface area (Å²) in [4.78, 5) is 9.14. The maximum atomic E-state index is 10.6. The van der Waals surface area contributed by atoms with Crippen LogP contribution < -0.4 is 0 Å². The van der Waals surface area contributed by atoms with E-state index in [2.05, 4.69) is 11.1 Å². The second-order valence-corrected chi connectivity index (χ2v) is 5.15. The van der Waals surface area contributed by atoms with E-state index in [1.165, 1.54) is 0 Å². The molecule has 0 spiro atoms. The topological polar surface area (TPSA) is 46.0 Å². The van der Waals surface area contributed by atoms with Crippen LogP contribution in [0.25, 0.3) is 21.8 Å². The van der Waals surface area contributed by atoms with E-state index >= 15 is 0 Å². The van der Waals surface area contributed by atoms with Crippen molar-refractivity contribution in [3.8, 4) is 0 Å². The Morgan fingerprint density at radius 2 is 1.60 bits per heavy atom. The summed E-state index contributed by atoms with van der Waals surface area (Å²) in [6, 6.07) is 12.0. The monoisotopic (exact) mass is 266 g/mol. The summed E-state index contributed by atoms with van der Waals surface area (Å²) >= 11 is 0. The van der Waals surface area contributed by atoms with Gasteiger partial charge in [0.05, 0.1) is 16.7 Å². The fraction of sp³-hybridized carbons (Fsp3) is 0.294. The fourth-order valence-electron chi connectivity index (χ4n) is 2.60. The van der Waals surface area contributed by atoms with Gasteiger partial charge in [0.25, 0.3) is 0 Å². The highest BCUT2D eigenvalue weighted by molar-refractivity contribution is 6.02. The second kappa shape index (κ2) is 4.84. The summed E-state index contributed by atoms with van der Waals surface area (Å²) in [5, 5.41) is 12.8. The molecular weight excluding hydrogens is 248 g/mol. The molecule has 3 rings (SSSR count). The van der Waals surface area contributed by atoms with Gasteiger partial charge < -0.3 is 5.11 Å². The first-order chi connectivity index (χ1) is 9.68. The van der Waals surface area contributed by atoms with Gasteiger partial charge in [-0.3, -0.25) is 4.98 Å². The number of fused-ring (bicyclic) bond motifs is 3. The van der Waals surface area contributed by atoms with Crippen molar-refractivity contribution in [1.82, 2.24) is 9.97 Å². The van der Waals surface area contributed by atoms with Gasteiger partial charge in [-0.25, -0.2) is 4.98 Å². The van der Waals surface area contributed by atoms with Crippen LogP contribution in [-0.2, 0) is 5.60 Å². The number of aliphatic hydroxyl groups is 1. The molecule has 0 aliphatic carbocycles. The normalized spacial score (nSPS) is 12.2. The Hall–Kier alpha value is -2.00. The first-order valence-electron chi connectivity index (χ1n) is 7.05. The van der Waals surface area contributed by atoms with Crippen molar-refractivity contribution in [2.24, 2.45) is 0 Å². The molecule has 0 radical (unpaired) electrons. The van der Waals surface area contributed by atoms with Crippen molar-refractivity contribution in [3.63, 3.8) is 0 Å². The molecule has 0 fully saturated rings. The van der Waals surface area contributed by atoms with E-state index in [9.17, 15) is 5.11 Å². The molecule has 3 nitrogen and oxygen atoms in total. The van der Waals surface area contributed by atoms with Gasteiger partial charge in [0.15, 0.2) is 0 Å². The average Bonchev–Trinajstić information content (AvgIpc) is 2.53. The largest absolute Gasteiger partial charge is 0.384 e. The van der Waals surface area contributed by atoms with Crippen LogP contribution in [0.3, 0.4) is 0 Å². The van der Waals surface area contributed by atoms with Crippen molar-refractivity contribution in [3.05, 3.63) is 48.3 Å². The minimum absolute atomic E-state index is 0.653. The molecule has 3 aromatic rings. The summed E-state index contributed by atoms with van der Waals surface area (Å²) in [6.45, 7) is 3.97. The smallest absolute Gasteiger partial charge is 0.106 e. The number of hydrogen-bond acceptors (Lipinski definition) is 3. The first-order valence-corrected chi connectivity index (χ1v) is 7.05. The molecule has 0 aliphatic heterocycles. The summed E-state index contributed by atoms with van der Waals surface area (Å²) in [5.74, 6) is 0. The Morgan fingerprint density at radius 1 is 0.950 bits per heavy atom. The number of pyridine rings is 2. The van der Waals surface area contributed by atoms with Crippen LogP contribution in [-0.4, -0.2) is 15.1 Å². The lowest BCUT2D eigenvalue weighted by Crippen LogP contribution is -2.24. The molecule has 1 aromatic carbocycles. The van der Waals surface area contributed by atoms with E-state index in [0.717, 1.165) is 27.5 Å². The molecule has 0 atom stereocenters. The van der Waals surface area contributed by atoms with Gasteiger partial charge in [0.2, 0.25) is 0 Å². The number of aromatic nitrogens is 2. The molecule has 3 heteroatoms. The minimum Gasteiger partial charge on any atom is -0.384 e. The number of hydrogen-bond donors (Lipinski definition) is 1. The zero-order valence-corrected chi connectivity index (χ0v) is 11.8. The van der Waals surface area contributed by atoms with Gasteiger partial charge >= 0.3 is 0 Å². The molecule has 0 aliphatic rings. The molecule has 0 bridgehead atoms. The van der Waals surface area contributed by atoms with Crippen LogP contribution in [0, 0.1) is 0 Å². The molecule has 1 N–H and O–H groups in total. The molecule has 2 heterocycles. The van der Waals surface area contributed by atoms with Gasteiger partial charge in [-0.15, -0.1) is 0 Å². The van der Waals surface area contributed by atoms with Crippen molar-refractivity contribution in [1.29, 1.82) is 0 Å². The molecule has 0 saturated heterocycles. The van der Waals surface area contributed by atoms with Crippen LogP contribution in [0.1, 0.15) is 32.4 Å². The zero-order valence-electron chi connectivity index (χ0n) is 11.8. The Morgan fingerprint density at radius 3 is 2.30 bits per heavy atom. The maximum Gasteiger partial charge on any atom is 0.106 e. The summed E-state index contributed by atoms with van der Waals surface area (Å²) < 4.78 is 0. The highest BCUT2D eigenvalue weighted by Crippen LogP contribution is 2.30. The van der Waals surface area contributed by atoms with E-state index < -0.39 is 5.60 Å². The second-order valence-electron chi connectivity index (χ2n) is 5.15. The van der Waals surface area contributed by atoms with E-state index in [1.807, 2.05) is 44.2 Å². The number of rotatable bonds is 3. The SMILES string of the molecule is CCC(O)(CC)c1ccc2ccc3cccnc3c2n1. The van der Waals surface area contributed by atoms with Gasteiger partial charge in [-0.2, -0.15) is 0 Å². The lowest BCUT2D eigenvalue weighted by Gasteiger charge is -2.24. The van der Waals surface area contributed by atoms with Crippen molar-refractivity contribution in [2.75, 3.05) is 0 Å². The zero-order chi connectivity index (χ0) is 14.2. The van der Waals surface area contributed by atoms with E-state index in [0.29, 0.717) is 12.8 Å². The van der Waals surface area contributed by atoms with Crippen molar-refractivity contribution < 1.29 is 5.11 Å². The summed E-state index contributed by atoms with van der Waals surface area (Å²) in [7, 11) is 0. The van der Waals surface area contributed by atoms with E-state index in [4.69, 9.17) is 4.98 Å². The van der Waals surface area contributed by atoms with Crippen LogP contribution in [0.5, 0.6) is 0 Å². The Balaban J connectivity index is 2.31. The minimum atomic E-state index is -0.856. The van der Waals surface area contributed by atoms with Crippen LogP contribution in [0.15, 0.2) is 42.6 Å². The quantitative estimate of drug-likeness (QED) is 0.734. The Kier molecular flexibility index (Phi) is 3.14. The van der Waals surface area contributed by atoms with Crippen LogP contribution >= 0.6 is 0 Å². The lowest BCUT2D eigenvalue weighted by molar-refractivity contribution is 0.0243. The van der Waals surface area contributed by atoms with E-state index in [-0.39, 0.29) is 0 Å².